The zero-order valence-electron chi connectivity index (χ0n) is 14.0. The van der Waals surface area contributed by atoms with E-state index in [9.17, 15) is 4.79 Å². The maximum Gasteiger partial charge on any atom is 0.228 e. The number of amides is 1. The first-order valence-electron chi connectivity index (χ1n) is 8.06. The Hall–Kier alpha value is -2.65. The van der Waals surface area contributed by atoms with Crippen LogP contribution in [0.3, 0.4) is 0 Å². The lowest BCUT2D eigenvalue weighted by Crippen LogP contribution is -2.46. The number of nitrogens with zero attached hydrogens (tertiary/aromatic N) is 2. The number of rotatable bonds is 1. The van der Waals surface area contributed by atoms with Crippen LogP contribution >= 0.6 is 11.3 Å². The molecule has 0 radical (unpaired) electrons. The van der Waals surface area contributed by atoms with Crippen molar-refractivity contribution in [3.05, 3.63) is 39.6 Å². The predicted octanol–water partition coefficient (Wildman–Crippen LogP) is 3.67. The summed E-state index contributed by atoms with van der Waals surface area (Å²) >= 11 is 1.65. The molecule has 0 spiro atoms. The van der Waals surface area contributed by atoms with E-state index in [1.807, 2.05) is 12.1 Å². The zero-order valence-corrected chi connectivity index (χ0v) is 14.9. The molecule has 25 heavy (non-hydrogen) atoms. The van der Waals surface area contributed by atoms with Gasteiger partial charge in [0, 0.05) is 41.3 Å². The van der Waals surface area contributed by atoms with Crippen LogP contribution in [0.1, 0.15) is 35.1 Å². The Bertz CT molecular complexity index is 936. The molecular formula is C19H17N3O2S. The summed E-state index contributed by atoms with van der Waals surface area (Å²) in [6.45, 7) is 2.55. The summed E-state index contributed by atoms with van der Waals surface area (Å²) in [5.41, 5.74) is 2.25. The molecule has 0 bridgehead atoms. The van der Waals surface area contributed by atoms with Crippen LogP contribution in [0.4, 0.5) is 0 Å². The maximum absolute atomic E-state index is 12.2. The normalized spacial score (nSPS) is 22.0. The highest BCUT2D eigenvalue weighted by atomic mass is 32.1. The van der Waals surface area contributed by atoms with Crippen LogP contribution in [-0.4, -0.2) is 23.7 Å². The molecule has 1 aromatic heterocycles. The fraction of sp³-hybridized carbons (Fsp3) is 0.316. The van der Waals surface area contributed by atoms with Gasteiger partial charge in [-0.25, -0.2) is 0 Å². The number of benzene rings is 1. The lowest BCUT2D eigenvalue weighted by atomic mass is 9.78. The minimum atomic E-state index is -0.365. The van der Waals surface area contributed by atoms with Gasteiger partial charge in [0.15, 0.2) is 0 Å². The standard InChI is InChI=1S/C19H17N3O2S/c1-19(7-17(21)22(2)18(23)8-19)16-6-13-12-5-11(9-20)3-4-14(12)24-10-15(13)25-16/h3-6,21H,7-8,10H2,1-2H3/t19-/m0/s1. The Morgan fingerprint density at radius 2 is 2.12 bits per heavy atom. The number of thiophene rings is 1. The van der Waals surface area contributed by atoms with Gasteiger partial charge < -0.3 is 9.64 Å². The predicted molar refractivity (Wildman–Crippen MR) is 95.9 cm³/mol. The van der Waals surface area contributed by atoms with Crippen molar-refractivity contribution in [2.45, 2.75) is 31.8 Å². The third-order valence-corrected chi connectivity index (χ3v) is 6.45. The first-order chi connectivity index (χ1) is 11.9. The molecule has 1 N–H and O–H groups in total. The van der Waals surface area contributed by atoms with Gasteiger partial charge in [-0.15, -0.1) is 11.3 Å². The minimum Gasteiger partial charge on any atom is -0.487 e. The largest absolute Gasteiger partial charge is 0.487 e. The second-order valence-electron chi connectivity index (χ2n) is 6.87. The molecule has 0 unspecified atom stereocenters. The monoisotopic (exact) mass is 351 g/mol. The van der Waals surface area contributed by atoms with Gasteiger partial charge in [-0.2, -0.15) is 5.26 Å². The van der Waals surface area contributed by atoms with Crippen molar-refractivity contribution < 1.29 is 9.53 Å². The number of fused-ring (bicyclic) bond motifs is 3. The van der Waals surface area contributed by atoms with Crippen LogP contribution in [0, 0.1) is 16.7 Å². The number of likely N-dealkylation sites (tertiary alicyclic amines) is 1. The molecule has 0 saturated carbocycles. The molecule has 5 nitrogen and oxygen atoms in total. The Balaban J connectivity index is 1.78. The molecule has 0 aliphatic carbocycles. The maximum atomic E-state index is 12.2. The lowest BCUT2D eigenvalue weighted by Gasteiger charge is -2.36. The second kappa shape index (κ2) is 5.43. The van der Waals surface area contributed by atoms with Gasteiger partial charge in [-0.3, -0.25) is 10.2 Å². The fourth-order valence-electron chi connectivity index (χ4n) is 3.47. The Morgan fingerprint density at radius 3 is 2.84 bits per heavy atom. The molecule has 6 heteroatoms. The fourth-order valence-corrected chi connectivity index (χ4v) is 4.70. The highest BCUT2D eigenvalue weighted by Crippen LogP contribution is 2.47. The minimum absolute atomic E-state index is 0.0199. The number of nitrogens with one attached hydrogen (secondary N) is 1. The van der Waals surface area contributed by atoms with Crippen LogP contribution in [0.25, 0.3) is 11.1 Å². The molecule has 4 rings (SSSR count). The smallest absolute Gasteiger partial charge is 0.228 e. The lowest BCUT2D eigenvalue weighted by molar-refractivity contribution is -0.128. The highest BCUT2D eigenvalue weighted by Gasteiger charge is 2.40. The summed E-state index contributed by atoms with van der Waals surface area (Å²) in [6.07, 6.45) is 0.942. The van der Waals surface area contributed by atoms with E-state index in [4.69, 9.17) is 15.4 Å². The molecule has 1 atom stereocenters. The van der Waals surface area contributed by atoms with Crippen LogP contribution < -0.4 is 4.74 Å². The summed E-state index contributed by atoms with van der Waals surface area (Å²) < 4.78 is 5.83. The van der Waals surface area contributed by atoms with Gasteiger partial charge in [0.25, 0.3) is 0 Å². The van der Waals surface area contributed by atoms with E-state index in [0.29, 0.717) is 30.8 Å². The number of carbonyl (C=O) groups excluding carboxylic acids is 1. The topological polar surface area (TPSA) is 77.2 Å². The SMILES string of the molecule is CN1C(=N)C[C@](C)(c2cc3c(s2)COc2ccc(C#N)cc2-3)CC1=O. The Kier molecular flexibility index (Phi) is 3.44. The summed E-state index contributed by atoms with van der Waals surface area (Å²) in [6, 6.07) is 9.74. The molecule has 1 fully saturated rings. The number of nitriles is 1. The van der Waals surface area contributed by atoms with E-state index < -0.39 is 0 Å². The molecule has 1 saturated heterocycles. The number of carbonyl (C=O) groups is 1. The number of amidine groups is 1. The number of hydrogen-bond acceptors (Lipinski definition) is 5. The van der Waals surface area contributed by atoms with Crippen LogP contribution in [0.5, 0.6) is 5.75 Å². The third kappa shape index (κ3) is 2.43. The third-order valence-electron chi connectivity index (χ3n) is 5.04. The van der Waals surface area contributed by atoms with Crippen molar-refractivity contribution in [1.29, 1.82) is 10.7 Å². The number of ether oxygens (including phenoxy) is 1. The van der Waals surface area contributed by atoms with Crippen molar-refractivity contribution in [3.63, 3.8) is 0 Å². The van der Waals surface area contributed by atoms with Gasteiger partial charge in [-0.05, 0) is 24.3 Å². The van der Waals surface area contributed by atoms with E-state index in [1.54, 1.807) is 24.5 Å². The molecular weight excluding hydrogens is 334 g/mol. The van der Waals surface area contributed by atoms with Gasteiger partial charge in [0.1, 0.15) is 18.2 Å². The average molecular weight is 351 g/mol. The van der Waals surface area contributed by atoms with Crippen molar-refractivity contribution in [2.24, 2.45) is 0 Å². The average Bonchev–Trinajstić information content (AvgIpc) is 3.05. The van der Waals surface area contributed by atoms with E-state index >= 15 is 0 Å². The van der Waals surface area contributed by atoms with E-state index in [2.05, 4.69) is 19.1 Å². The Morgan fingerprint density at radius 1 is 1.32 bits per heavy atom. The molecule has 2 aromatic rings. The molecule has 2 aliphatic heterocycles. The second-order valence-corrected chi connectivity index (χ2v) is 8.01. The van der Waals surface area contributed by atoms with Gasteiger partial charge in [0.2, 0.25) is 5.91 Å². The first-order valence-corrected chi connectivity index (χ1v) is 8.87. The van der Waals surface area contributed by atoms with Gasteiger partial charge >= 0.3 is 0 Å². The summed E-state index contributed by atoms with van der Waals surface area (Å²) in [7, 11) is 1.66. The van der Waals surface area contributed by atoms with Gasteiger partial charge in [-0.1, -0.05) is 6.92 Å². The van der Waals surface area contributed by atoms with Crippen molar-refractivity contribution >= 4 is 23.1 Å². The molecule has 3 heterocycles. The van der Waals surface area contributed by atoms with Crippen LogP contribution in [0.2, 0.25) is 0 Å². The van der Waals surface area contributed by atoms with Gasteiger partial charge in [0.05, 0.1) is 16.5 Å². The van der Waals surface area contributed by atoms with E-state index in [1.165, 1.54) is 4.90 Å². The first kappa shape index (κ1) is 15.9. The van der Waals surface area contributed by atoms with E-state index in [0.717, 1.165) is 26.6 Å². The molecule has 126 valence electrons. The highest BCUT2D eigenvalue weighted by molar-refractivity contribution is 7.12. The van der Waals surface area contributed by atoms with E-state index in [-0.39, 0.29) is 11.3 Å². The summed E-state index contributed by atoms with van der Waals surface area (Å²) in [4.78, 5) is 15.9. The quantitative estimate of drug-likeness (QED) is 0.851. The molecule has 2 aliphatic rings. The van der Waals surface area contributed by atoms with Crippen LogP contribution in [-0.2, 0) is 16.8 Å². The van der Waals surface area contributed by atoms with Crippen LogP contribution in [0.15, 0.2) is 24.3 Å². The van der Waals surface area contributed by atoms with Crippen molar-refractivity contribution in [1.82, 2.24) is 4.90 Å². The number of piperidine rings is 1. The number of hydrogen-bond donors (Lipinski definition) is 1. The Labute approximate surface area is 150 Å². The summed E-state index contributed by atoms with van der Waals surface area (Å²) in [5, 5.41) is 17.3. The zero-order chi connectivity index (χ0) is 17.8. The van der Waals surface area contributed by atoms with Crippen molar-refractivity contribution in [3.8, 4) is 22.9 Å². The molecule has 1 aromatic carbocycles. The van der Waals surface area contributed by atoms with Crippen molar-refractivity contribution in [2.75, 3.05) is 7.05 Å². The summed E-state index contributed by atoms with van der Waals surface area (Å²) in [5.74, 6) is 1.12. The molecule has 1 amide bonds.